The highest BCUT2D eigenvalue weighted by molar-refractivity contribution is 5.44. The van der Waals surface area contributed by atoms with Gasteiger partial charge in [-0.3, -0.25) is 0 Å². The molecule has 0 amide bonds. The van der Waals surface area contributed by atoms with Crippen LogP contribution in [-0.4, -0.2) is 17.6 Å². The van der Waals surface area contributed by atoms with E-state index < -0.39 is 0 Å². The largest absolute Gasteiger partial charge is 0.353 e. The van der Waals surface area contributed by atoms with Crippen LogP contribution in [0.2, 0.25) is 0 Å². The highest BCUT2D eigenvalue weighted by atomic mass is 15.2. The summed E-state index contributed by atoms with van der Waals surface area (Å²) >= 11 is 0. The molecule has 2 aliphatic carbocycles. The Bertz CT molecular complexity index is 450. The van der Waals surface area contributed by atoms with Crippen LogP contribution in [0.1, 0.15) is 50.5 Å². The van der Waals surface area contributed by atoms with Crippen molar-refractivity contribution in [2.24, 2.45) is 5.92 Å². The van der Waals surface area contributed by atoms with Gasteiger partial charge < -0.3 is 4.90 Å². The molecule has 2 aliphatic rings. The molecule has 1 aromatic rings. The predicted octanol–water partition coefficient (Wildman–Crippen LogP) is 3.50. The van der Waals surface area contributed by atoms with Crippen LogP contribution in [-0.2, 0) is 0 Å². The maximum absolute atomic E-state index is 8.85. The summed E-state index contributed by atoms with van der Waals surface area (Å²) in [6, 6.07) is 6.74. The molecule has 100 valence electrons. The maximum Gasteiger partial charge on any atom is 0.128 e. The van der Waals surface area contributed by atoms with Gasteiger partial charge in [0.15, 0.2) is 0 Å². The molecule has 0 radical (unpaired) electrons. The number of anilines is 1. The summed E-state index contributed by atoms with van der Waals surface area (Å²) in [5.41, 5.74) is 0.650. The second-order valence-electron chi connectivity index (χ2n) is 5.90. The van der Waals surface area contributed by atoms with Gasteiger partial charge in [-0.1, -0.05) is 19.3 Å². The van der Waals surface area contributed by atoms with Crippen LogP contribution in [0.3, 0.4) is 0 Å². The van der Waals surface area contributed by atoms with E-state index in [4.69, 9.17) is 5.26 Å². The third kappa shape index (κ3) is 3.07. The van der Waals surface area contributed by atoms with Gasteiger partial charge in [-0.15, -0.1) is 0 Å². The molecule has 19 heavy (non-hydrogen) atoms. The SMILES string of the molecule is N#Cc1ccc(N(CC2CCCCC2)C2CC2)nc1. The monoisotopic (exact) mass is 255 g/mol. The molecule has 1 heterocycles. The Hall–Kier alpha value is -1.56. The normalized spacial score (nSPS) is 19.9. The van der Waals surface area contributed by atoms with Crippen molar-refractivity contribution in [3.05, 3.63) is 23.9 Å². The van der Waals surface area contributed by atoms with E-state index in [1.807, 2.05) is 12.1 Å². The van der Waals surface area contributed by atoms with Gasteiger partial charge in [0.25, 0.3) is 0 Å². The first-order valence-electron chi connectivity index (χ1n) is 7.49. The van der Waals surface area contributed by atoms with Crippen LogP contribution in [0.15, 0.2) is 18.3 Å². The average Bonchev–Trinajstić information content (AvgIpc) is 3.31. The van der Waals surface area contributed by atoms with Crippen LogP contribution < -0.4 is 4.90 Å². The van der Waals surface area contributed by atoms with E-state index in [1.54, 1.807) is 6.20 Å². The Balaban J connectivity index is 1.70. The van der Waals surface area contributed by atoms with Gasteiger partial charge in [-0.2, -0.15) is 5.26 Å². The molecule has 0 spiro atoms. The summed E-state index contributed by atoms with van der Waals surface area (Å²) in [5, 5.41) is 8.85. The lowest BCUT2D eigenvalue weighted by Crippen LogP contribution is -2.33. The minimum absolute atomic E-state index is 0.650. The van der Waals surface area contributed by atoms with Crippen LogP contribution in [0.4, 0.5) is 5.82 Å². The molecule has 0 N–H and O–H groups in total. The number of rotatable bonds is 4. The van der Waals surface area contributed by atoms with Gasteiger partial charge in [0.2, 0.25) is 0 Å². The highest BCUT2D eigenvalue weighted by Gasteiger charge is 2.31. The highest BCUT2D eigenvalue weighted by Crippen LogP contribution is 2.34. The van der Waals surface area contributed by atoms with Crippen LogP contribution >= 0.6 is 0 Å². The number of aromatic nitrogens is 1. The lowest BCUT2D eigenvalue weighted by atomic mass is 9.89. The molecule has 0 bridgehead atoms. The topological polar surface area (TPSA) is 39.9 Å². The Morgan fingerprint density at radius 2 is 1.95 bits per heavy atom. The van der Waals surface area contributed by atoms with Crippen molar-refractivity contribution in [1.29, 1.82) is 5.26 Å². The second kappa shape index (κ2) is 5.61. The summed E-state index contributed by atoms with van der Waals surface area (Å²) < 4.78 is 0. The third-order valence-corrected chi connectivity index (χ3v) is 4.34. The number of hydrogen-bond acceptors (Lipinski definition) is 3. The van der Waals surface area contributed by atoms with E-state index in [-0.39, 0.29) is 0 Å². The molecule has 2 saturated carbocycles. The molecule has 0 aliphatic heterocycles. The van der Waals surface area contributed by atoms with Crippen LogP contribution in [0.5, 0.6) is 0 Å². The number of hydrogen-bond donors (Lipinski definition) is 0. The van der Waals surface area contributed by atoms with E-state index in [0.29, 0.717) is 11.6 Å². The van der Waals surface area contributed by atoms with Gasteiger partial charge in [0, 0.05) is 18.8 Å². The quantitative estimate of drug-likeness (QED) is 0.826. The lowest BCUT2D eigenvalue weighted by Gasteiger charge is -2.30. The first-order chi connectivity index (χ1) is 9.36. The van der Waals surface area contributed by atoms with Gasteiger partial charge in [0.1, 0.15) is 11.9 Å². The Morgan fingerprint density at radius 1 is 1.16 bits per heavy atom. The molecule has 1 aromatic heterocycles. The summed E-state index contributed by atoms with van der Waals surface area (Å²) in [4.78, 5) is 6.96. The molecule has 0 unspecified atom stereocenters. The average molecular weight is 255 g/mol. The van der Waals surface area contributed by atoms with E-state index in [9.17, 15) is 0 Å². The fraction of sp³-hybridized carbons (Fsp3) is 0.625. The van der Waals surface area contributed by atoms with Crippen molar-refractivity contribution in [2.45, 2.75) is 51.0 Å². The lowest BCUT2D eigenvalue weighted by molar-refractivity contribution is 0.356. The Morgan fingerprint density at radius 3 is 2.53 bits per heavy atom. The van der Waals surface area contributed by atoms with E-state index in [0.717, 1.165) is 18.3 Å². The van der Waals surface area contributed by atoms with Crippen molar-refractivity contribution in [3.63, 3.8) is 0 Å². The fourth-order valence-corrected chi connectivity index (χ4v) is 3.09. The van der Waals surface area contributed by atoms with Crippen molar-refractivity contribution in [3.8, 4) is 6.07 Å². The molecular formula is C16H21N3. The maximum atomic E-state index is 8.85. The number of pyridine rings is 1. The Kier molecular flexibility index (Phi) is 3.68. The standard InChI is InChI=1S/C16H21N3/c17-10-14-6-9-16(18-11-14)19(15-7-8-15)12-13-4-2-1-3-5-13/h6,9,11,13,15H,1-5,7-8,12H2. The van der Waals surface area contributed by atoms with Gasteiger partial charge in [-0.05, 0) is 43.7 Å². The minimum atomic E-state index is 0.650. The second-order valence-corrected chi connectivity index (χ2v) is 5.90. The zero-order chi connectivity index (χ0) is 13.1. The molecule has 2 fully saturated rings. The third-order valence-electron chi connectivity index (χ3n) is 4.34. The summed E-state index contributed by atoms with van der Waals surface area (Å²) in [6.45, 7) is 1.16. The summed E-state index contributed by atoms with van der Waals surface area (Å²) in [7, 11) is 0. The zero-order valence-corrected chi connectivity index (χ0v) is 11.4. The number of nitrogens with zero attached hydrogens (tertiary/aromatic N) is 3. The Labute approximate surface area is 115 Å². The van der Waals surface area contributed by atoms with Crippen molar-refractivity contribution >= 4 is 5.82 Å². The minimum Gasteiger partial charge on any atom is -0.353 e. The molecule has 0 saturated heterocycles. The molecule has 3 heteroatoms. The smallest absolute Gasteiger partial charge is 0.128 e. The van der Waals surface area contributed by atoms with Crippen LogP contribution in [0, 0.1) is 17.2 Å². The molecule has 3 nitrogen and oxygen atoms in total. The molecule has 3 rings (SSSR count). The van der Waals surface area contributed by atoms with Crippen molar-refractivity contribution in [1.82, 2.24) is 4.98 Å². The van der Waals surface area contributed by atoms with Gasteiger partial charge >= 0.3 is 0 Å². The molecule has 0 aromatic carbocycles. The number of nitriles is 1. The van der Waals surface area contributed by atoms with Crippen LogP contribution in [0.25, 0.3) is 0 Å². The first kappa shape index (κ1) is 12.5. The van der Waals surface area contributed by atoms with E-state index >= 15 is 0 Å². The fourth-order valence-electron chi connectivity index (χ4n) is 3.09. The van der Waals surface area contributed by atoms with Crippen molar-refractivity contribution in [2.75, 3.05) is 11.4 Å². The first-order valence-corrected chi connectivity index (χ1v) is 7.49. The van der Waals surface area contributed by atoms with E-state index in [2.05, 4.69) is 16.0 Å². The van der Waals surface area contributed by atoms with Gasteiger partial charge in [-0.25, -0.2) is 4.98 Å². The summed E-state index contributed by atoms with van der Waals surface area (Å²) in [6.07, 6.45) is 11.2. The summed E-state index contributed by atoms with van der Waals surface area (Å²) in [5.74, 6) is 1.90. The van der Waals surface area contributed by atoms with Gasteiger partial charge in [0.05, 0.1) is 5.56 Å². The molecule has 0 atom stereocenters. The van der Waals surface area contributed by atoms with E-state index in [1.165, 1.54) is 44.9 Å². The van der Waals surface area contributed by atoms with Crippen molar-refractivity contribution < 1.29 is 0 Å². The molecular weight excluding hydrogens is 234 g/mol. The zero-order valence-electron chi connectivity index (χ0n) is 11.4. The predicted molar refractivity (Wildman–Crippen MR) is 75.9 cm³/mol.